The molecule has 0 fully saturated rings. The first kappa shape index (κ1) is 24.8. The number of rotatable bonds is 5. The summed E-state index contributed by atoms with van der Waals surface area (Å²) in [6, 6.07) is 19.1. The average Bonchev–Trinajstić information content (AvgIpc) is 2.78. The van der Waals surface area contributed by atoms with Crippen molar-refractivity contribution in [2.24, 2.45) is 5.10 Å². The molecular weight excluding hydrogens is 626 g/mol. The summed E-state index contributed by atoms with van der Waals surface area (Å²) in [4.78, 5) is 18.0. The van der Waals surface area contributed by atoms with E-state index in [1.165, 1.54) is 4.68 Å². The lowest BCUT2D eigenvalue weighted by atomic mass is 9.95. The van der Waals surface area contributed by atoms with Gasteiger partial charge in [-0.3, -0.25) is 4.79 Å². The maximum absolute atomic E-state index is 13.3. The van der Waals surface area contributed by atoms with Gasteiger partial charge in [0.15, 0.2) is 0 Å². The molecule has 0 spiro atoms. The molecule has 0 atom stereocenters. The second-order valence-corrected chi connectivity index (χ2v) is 11.5. The van der Waals surface area contributed by atoms with Gasteiger partial charge in [0.05, 0.1) is 17.1 Å². The third-order valence-corrected chi connectivity index (χ3v) is 6.82. The molecule has 0 saturated carbocycles. The van der Waals surface area contributed by atoms with Crippen LogP contribution in [0, 0.1) is 0 Å². The smallest absolute Gasteiger partial charge is 0.282 e. The van der Waals surface area contributed by atoms with Gasteiger partial charge in [-0.15, -0.1) is 0 Å². The van der Waals surface area contributed by atoms with Crippen LogP contribution in [-0.4, -0.2) is 15.9 Å². The van der Waals surface area contributed by atoms with Crippen LogP contribution < -0.4 is 10.3 Å². The standard InChI is InChI=1S/C26H22Br3N3O2/c1-26(2,3)25-31-23-11-8-18(27)12-21(23)24(33)32(25)30-14-16-4-9-20(10-5-16)34-15-17-6-7-19(28)13-22(17)29/h4-14H,15H2,1-3H3. The summed E-state index contributed by atoms with van der Waals surface area (Å²) in [7, 11) is 0. The number of fused-ring (bicyclic) bond motifs is 1. The van der Waals surface area contributed by atoms with Gasteiger partial charge in [0.2, 0.25) is 0 Å². The van der Waals surface area contributed by atoms with Crippen molar-refractivity contribution in [1.29, 1.82) is 0 Å². The van der Waals surface area contributed by atoms with Crippen molar-refractivity contribution >= 4 is 64.9 Å². The van der Waals surface area contributed by atoms with E-state index >= 15 is 0 Å². The third-order valence-electron chi connectivity index (χ3n) is 5.09. The molecule has 3 aromatic carbocycles. The Morgan fingerprint density at radius 3 is 2.32 bits per heavy atom. The van der Waals surface area contributed by atoms with Gasteiger partial charge in [0, 0.05) is 24.4 Å². The molecule has 5 nitrogen and oxygen atoms in total. The molecule has 0 unspecified atom stereocenters. The quantitative estimate of drug-likeness (QED) is 0.212. The topological polar surface area (TPSA) is 56.5 Å². The van der Waals surface area contributed by atoms with E-state index in [1.807, 2.05) is 75.4 Å². The summed E-state index contributed by atoms with van der Waals surface area (Å²) in [6.07, 6.45) is 1.66. The van der Waals surface area contributed by atoms with Crippen LogP contribution in [0.2, 0.25) is 0 Å². The van der Waals surface area contributed by atoms with Gasteiger partial charge in [-0.2, -0.15) is 9.78 Å². The Hall–Kier alpha value is -2.29. The molecule has 0 aliphatic rings. The van der Waals surface area contributed by atoms with E-state index in [2.05, 4.69) is 52.9 Å². The fraction of sp³-hybridized carbons (Fsp3) is 0.192. The molecule has 0 amide bonds. The zero-order valence-corrected chi connectivity index (χ0v) is 23.6. The van der Waals surface area contributed by atoms with Crippen molar-refractivity contribution in [3.63, 3.8) is 0 Å². The van der Waals surface area contributed by atoms with Crippen molar-refractivity contribution in [1.82, 2.24) is 9.66 Å². The lowest BCUT2D eigenvalue weighted by Crippen LogP contribution is -2.29. The van der Waals surface area contributed by atoms with Gasteiger partial charge in [0.25, 0.3) is 5.56 Å². The van der Waals surface area contributed by atoms with Gasteiger partial charge < -0.3 is 4.74 Å². The number of aromatic nitrogens is 2. The zero-order valence-electron chi connectivity index (χ0n) is 18.8. The maximum atomic E-state index is 13.3. The Morgan fingerprint density at radius 1 is 0.971 bits per heavy atom. The molecule has 0 aliphatic heterocycles. The number of hydrogen-bond acceptors (Lipinski definition) is 4. The molecule has 0 radical (unpaired) electrons. The van der Waals surface area contributed by atoms with E-state index in [9.17, 15) is 4.79 Å². The highest BCUT2D eigenvalue weighted by molar-refractivity contribution is 9.11. The minimum atomic E-state index is -0.364. The van der Waals surface area contributed by atoms with E-state index < -0.39 is 0 Å². The van der Waals surface area contributed by atoms with E-state index in [-0.39, 0.29) is 11.0 Å². The number of ether oxygens (including phenoxy) is 1. The van der Waals surface area contributed by atoms with Gasteiger partial charge in [-0.25, -0.2) is 4.98 Å². The molecule has 174 valence electrons. The lowest BCUT2D eigenvalue weighted by Gasteiger charge is -2.20. The largest absolute Gasteiger partial charge is 0.489 e. The first-order chi connectivity index (χ1) is 16.1. The summed E-state index contributed by atoms with van der Waals surface area (Å²) in [5, 5.41) is 5.03. The first-order valence-electron chi connectivity index (χ1n) is 10.6. The summed E-state index contributed by atoms with van der Waals surface area (Å²) in [6.45, 7) is 6.49. The lowest BCUT2D eigenvalue weighted by molar-refractivity contribution is 0.305. The molecule has 8 heteroatoms. The van der Waals surface area contributed by atoms with Crippen LogP contribution in [0.3, 0.4) is 0 Å². The van der Waals surface area contributed by atoms with E-state index in [4.69, 9.17) is 9.72 Å². The van der Waals surface area contributed by atoms with Crippen molar-refractivity contribution < 1.29 is 4.74 Å². The van der Waals surface area contributed by atoms with Gasteiger partial charge in [-0.05, 0) is 60.2 Å². The highest BCUT2D eigenvalue weighted by atomic mass is 79.9. The molecule has 0 aliphatic carbocycles. The highest BCUT2D eigenvalue weighted by Gasteiger charge is 2.22. The van der Waals surface area contributed by atoms with Crippen molar-refractivity contribution in [2.75, 3.05) is 0 Å². The molecule has 4 rings (SSSR count). The van der Waals surface area contributed by atoms with Crippen LogP contribution in [0.25, 0.3) is 10.9 Å². The molecule has 0 bridgehead atoms. The van der Waals surface area contributed by atoms with E-state index in [0.29, 0.717) is 23.3 Å². The molecule has 1 heterocycles. The zero-order chi connectivity index (χ0) is 24.5. The monoisotopic (exact) mass is 645 g/mol. The normalized spacial score (nSPS) is 11.9. The van der Waals surface area contributed by atoms with Crippen LogP contribution in [0.4, 0.5) is 0 Å². The Kier molecular flexibility index (Phi) is 7.40. The summed E-state index contributed by atoms with van der Waals surface area (Å²) in [5.41, 5.74) is 1.99. The SMILES string of the molecule is CC(C)(C)c1nc2ccc(Br)cc2c(=O)n1N=Cc1ccc(OCc2ccc(Br)cc2Br)cc1. The summed E-state index contributed by atoms with van der Waals surface area (Å²) < 4.78 is 10.1. The number of hydrogen-bond donors (Lipinski definition) is 0. The van der Waals surface area contributed by atoms with Crippen LogP contribution in [0.5, 0.6) is 5.75 Å². The summed E-state index contributed by atoms with van der Waals surface area (Å²) >= 11 is 10.4. The molecule has 1 aromatic heterocycles. The summed E-state index contributed by atoms with van der Waals surface area (Å²) in [5.74, 6) is 1.35. The second kappa shape index (κ2) is 10.1. The van der Waals surface area contributed by atoms with Gasteiger partial charge in [-0.1, -0.05) is 74.6 Å². The minimum absolute atomic E-state index is 0.201. The average molecular weight is 648 g/mol. The van der Waals surface area contributed by atoms with E-state index in [0.717, 1.165) is 30.3 Å². The predicted octanol–water partition coefficient (Wildman–Crippen LogP) is 7.44. The highest BCUT2D eigenvalue weighted by Crippen LogP contribution is 2.25. The van der Waals surface area contributed by atoms with Crippen LogP contribution in [-0.2, 0) is 12.0 Å². The molecule has 34 heavy (non-hydrogen) atoms. The van der Waals surface area contributed by atoms with Crippen LogP contribution in [0.1, 0.15) is 37.7 Å². The number of halogens is 3. The number of benzene rings is 3. The van der Waals surface area contributed by atoms with E-state index in [1.54, 1.807) is 12.3 Å². The van der Waals surface area contributed by atoms with Crippen molar-refractivity contribution in [2.45, 2.75) is 32.8 Å². The van der Waals surface area contributed by atoms with Crippen molar-refractivity contribution in [3.8, 4) is 5.75 Å². The molecule has 0 saturated heterocycles. The first-order valence-corrected chi connectivity index (χ1v) is 12.9. The molecular formula is C26H22Br3N3O2. The predicted molar refractivity (Wildman–Crippen MR) is 148 cm³/mol. The van der Waals surface area contributed by atoms with Crippen molar-refractivity contribution in [3.05, 3.63) is 101 Å². The third kappa shape index (κ3) is 5.67. The Morgan fingerprint density at radius 2 is 1.65 bits per heavy atom. The minimum Gasteiger partial charge on any atom is -0.489 e. The Bertz CT molecular complexity index is 1440. The molecule has 4 aromatic rings. The Balaban J connectivity index is 1.59. The van der Waals surface area contributed by atoms with Crippen LogP contribution >= 0.6 is 47.8 Å². The fourth-order valence-corrected chi connectivity index (χ4v) is 4.84. The Labute approximate surface area is 223 Å². The maximum Gasteiger partial charge on any atom is 0.282 e. The second-order valence-electron chi connectivity index (χ2n) is 8.80. The van der Waals surface area contributed by atoms with Gasteiger partial charge in [0.1, 0.15) is 18.2 Å². The van der Waals surface area contributed by atoms with Crippen LogP contribution in [0.15, 0.2) is 84.0 Å². The van der Waals surface area contributed by atoms with Gasteiger partial charge >= 0.3 is 0 Å². The number of nitrogens with zero attached hydrogens (tertiary/aromatic N) is 3. The molecule has 0 N–H and O–H groups in total. The fourth-order valence-electron chi connectivity index (χ4n) is 3.32.